The fourth-order valence-corrected chi connectivity index (χ4v) is 4.81. The minimum atomic E-state index is -0.384. The van der Waals surface area contributed by atoms with Crippen LogP contribution in [0.2, 0.25) is 0 Å². The highest BCUT2D eigenvalue weighted by atomic mass is 32.1. The van der Waals surface area contributed by atoms with E-state index in [1.54, 1.807) is 27.1 Å². The van der Waals surface area contributed by atoms with E-state index in [0.29, 0.717) is 23.1 Å². The molecule has 0 unspecified atom stereocenters. The van der Waals surface area contributed by atoms with Gasteiger partial charge in [0.2, 0.25) is 5.91 Å². The SMILES string of the molecule is CC(C)(C)n1ncc2c(-c3cccs3)nn(CC(=O)N3CCc4ccccc43)c(=O)c21. The zero-order valence-corrected chi connectivity index (χ0v) is 18.5. The number of carbonyl (C=O) groups is 1. The molecular weight excluding hydrogens is 410 g/mol. The lowest BCUT2D eigenvalue weighted by Gasteiger charge is -2.21. The van der Waals surface area contributed by atoms with E-state index in [1.165, 1.54) is 4.68 Å². The second-order valence-electron chi connectivity index (χ2n) is 8.70. The smallest absolute Gasteiger partial charge is 0.293 e. The summed E-state index contributed by atoms with van der Waals surface area (Å²) in [5.74, 6) is -0.141. The van der Waals surface area contributed by atoms with Crippen molar-refractivity contribution >= 4 is 33.8 Å². The summed E-state index contributed by atoms with van der Waals surface area (Å²) in [6.45, 7) is 6.51. The van der Waals surface area contributed by atoms with Crippen LogP contribution in [-0.4, -0.2) is 32.0 Å². The Balaban J connectivity index is 1.63. The van der Waals surface area contributed by atoms with Gasteiger partial charge in [0.25, 0.3) is 5.56 Å². The van der Waals surface area contributed by atoms with Gasteiger partial charge < -0.3 is 4.90 Å². The van der Waals surface area contributed by atoms with E-state index in [9.17, 15) is 9.59 Å². The number of fused-ring (bicyclic) bond motifs is 2. The van der Waals surface area contributed by atoms with Crippen LogP contribution in [-0.2, 0) is 23.3 Å². The van der Waals surface area contributed by atoms with Crippen molar-refractivity contribution in [2.75, 3.05) is 11.4 Å². The predicted molar refractivity (Wildman–Crippen MR) is 123 cm³/mol. The number of nitrogens with zero attached hydrogens (tertiary/aromatic N) is 5. The van der Waals surface area contributed by atoms with Gasteiger partial charge in [-0.15, -0.1) is 11.3 Å². The molecule has 0 spiro atoms. The minimum absolute atomic E-state index is 0.114. The lowest BCUT2D eigenvalue weighted by Crippen LogP contribution is -2.37. The van der Waals surface area contributed by atoms with Gasteiger partial charge in [-0.25, -0.2) is 4.68 Å². The molecule has 0 radical (unpaired) electrons. The van der Waals surface area contributed by atoms with E-state index in [2.05, 4.69) is 10.2 Å². The average molecular weight is 434 g/mol. The summed E-state index contributed by atoms with van der Waals surface area (Å²) >= 11 is 1.55. The summed E-state index contributed by atoms with van der Waals surface area (Å²) in [7, 11) is 0. The average Bonchev–Trinajstić information content (AvgIpc) is 3.48. The summed E-state index contributed by atoms with van der Waals surface area (Å²) in [4.78, 5) is 29.3. The quantitative estimate of drug-likeness (QED) is 0.494. The number of carbonyl (C=O) groups excluding carboxylic acids is 1. The third-order valence-corrected chi connectivity index (χ3v) is 6.42. The first-order chi connectivity index (χ1) is 14.8. The van der Waals surface area contributed by atoms with Crippen LogP contribution in [0.15, 0.2) is 52.8 Å². The molecule has 31 heavy (non-hydrogen) atoms. The Kier molecular flexibility index (Phi) is 4.55. The van der Waals surface area contributed by atoms with Crippen molar-refractivity contribution in [2.24, 2.45) is 0 Å². The maximum Gasteiger partial charge on any atom is 0.293 e. The molecule has 8 heteroatoms. The third kappa shape index (κ3) is 3.27. The lowest BCUT2D eigenvalue weighted by atomic mass is 10.1. The fraction of sp³-hybridized carbons (Fsp3) is 0.304. The van der Waals surface area contributed by atoms with Crippen molar-refractivity contribution in [1.82, 2.24) is 19.6 Å². The molecule has 5 rings (SSSR count). The van der Waals surface area contributed by atoms with E-state index in [-0.39, 0.29) is 23.6 Å². The van der Waals surface area contributed by atoms with Crippen LogP contribution in [0.5, 0.6) is 0 Å². The zero-order valence-electron chi connectivity index (χ0n) is 17.7. The van der Waals surface area contributed by atoms with Gasteiger partial charge in [-0.1, -0.05) is 24.3 Å². The van der Waals surface area contributed by atoms with Crippen LogP contribution < -0.4 is 10.5 Å². The minimum Gasteiger partial charge on any atom is -0.310 e. The molecular formula is C23H23N5O2S. The Morgan fingerprint density at radius 2 is 1.97 bits per heavy atom. The van der Waals surface area contributed by atoms with Crippen molar-refractivity contribution < 1.29 is 4.79 Å². The summed E-state index contributed by atoms with van der Waals surface area (Å²) in [5, 5.41) is 11.8. The number of thiophene rings is 1. The molecule has 1 amide bonds. The molecule has 158 valence electrons. The van der Waals surface area contributed by atoms with Crippen molar-refractivity contribution in [3.05, 3.63) is 63.9 Å². The highest BCUT2D eigenvalue weighted by Gasteiger charge is 2.27. The molecule has 4 heterocycles. The molecule has 0 aliphatic carbocycles. The van der Waals surface area contributed by atoms with Gasteiger partial charge in [0, 0.05) is 12.2 Å². The van der Waals surface area contributed by atoms with Crippen molar-refractivity contribution in [3.8, 4) is 10.6 Å². The number of rotatable bonds is 3. The first kappa shape index (κ1) is 19.7. The Morgan fingerprint density at radius 1 is 1.16 bits per heavy atom. The Bertz CT molecular complexity index is 1340. The molecule has 7 nitrogen and oxygen atoms in total. The van der Waals surface area contributed by atoms with Gasteiger partial charge in [0.05, 0.1) is 22.0 Å². The van der Waals surface area contributed by atoms with Crippen LogP contribution in [0.1, 0.15) is 26.3 Å². The highest BCUT2D eigenvalue weighted by molar-refractivity contribution is 7.13. The second kappa shape index (κ2) is 7.16. The molecule has 0 saturated carbocycles. The summed E-state index contributed by atoms with van der Waals surface area (Å²) in [6, 6.07) is 11.8. The largest absolute Gasteiger partial charge is 0.310 e. The normalized spacial score (nSPS) is 13.7. The number of anilines is 1. The van der Waals surface area contributed by atoms with Crippen LogP contribution in [0.4, 0.5) is 5.69 Å². The number of hydrogen-bond donors (Lipinski definition) is 0. The standard InChI is InChI=1S/C23H23N5O2S/c1-23(2,3)28-21-16(13-24-28)20(18-9-6-12-31-18)25-27(22(21)30)14-19(29)26-11-10-15-7-4-5-8-17(15)26/h4-9,12-13H,10-11,14H2,1-3H3. The van der Waals surface area contributed by atoms with Gasteiger partial charge in [-0.05, 0) is 50.3 Å². The van der Waals surface area contributed by atoms with Crippen molar-refractivity contribution in [3.63, 3.8) is 0 Å². The molecule has 1 aliphatic rings. The molecule has 0 atom stereocenters. The molecule has 1 aliphatic heterocycles. The van der Waals surface area contributed by atoms with Gasteiger partial charge in [0.1, 0.15) is 17.8 Å². The van der Waals surface area contributed by atoms with Crippen LogP contribution in [0.3, 0.4) is 0 Å². The number of amides is 1. The van der Waals surface area contributed by atoms with E-state index in [1.807, 2.05) is 62.5 Å². The zero-order chi connectivity index (χ0) is 21.8. The number of aromatic nitrogens is 4. The lowest BCUT2D eigenvalue weighted by molar-refractivity contribution is -0.119. The summed E-state index contributed by atoms with van der Waals surface area (Å²) < 4.78 is 3.03. The van der Waals surface area contributed by atoms with E-state index in [4.69, 9.17) is 0 Å². The van der Waals surface area contributed by atoms with Gasteiger partial charge in [0.15, 0.2) is 0 Å². The van der Waals surface area contributed by atoms with Crippen molar-refractivity contribution in [1.29, 1.82) is 0 Å². The summed E-state index contributed by atoms with van der Waals surface area (Å²) in [5.41, 5.74) is 2.53. The molecule has 0 saturated heterocycles. The van der Waals surface area contributed by atoms with Gasteiger partial charge in [-0.2, -0.15) is 10.2 Å². The molecule has 0 fully saturated rings. The van der Waals surface area contributed by atoms with Crippen molar-refractivity contribution in [2.45, 2.75) is 39.3 Å². The third-order valence-electron chi connectivity index (χ3n) is 5.55. The monoisotopic (exact) mass is 433 g/mol. The maximum absolute atomic E-state index is 13.4. The number of hydrogen-bond acceptors (Lipinski definition) is 5. The molecule has 0 N–H and O–H groups in total. The first-order valence-corrected chi connectivity index (χ1v) is 11.1. The topological polar surface area (TPSA) is 73.0 Å². The Morgan fingerprint density at radius 3 is 2.71 bits per heavy atom. The second-order valence-corrected chi connectivity index (χ2v) is 9.65. The molecule has 3 aromatic heterocycles. The molecule has 1 aromatic carbocycles. The Hall–Kier alpha value is -3.26. The van der Waals surface area contributed by atoms with Crippen LogP contribution in [0.25, 0.3) is 21.5 Å². The van der Waals surface area contributed by atoms with Gasteiger partial charge >= 0.3 is 0 Å². The molecule has 4 aromatic rings. The number of benzene rings is 1. The van der Waals surface area contributed by atoms with E-state index >= 15 is 0 Å². The van der Waals surface area contributed by atoms with E-state index in [0.717, 1.165) is 22.5 Å². The maximum atomic E-state index is 13.4. The van der Waals surface area contributed by atoms with E-state index < -0.39 is 0 Å². The molecule has 0 bridgehead atoms. The predicted octanol–water partition coefficient (Wildman–Crippen LogP) is 3.67. The highest BCUT2D eigenvalue weighted by Crippen LogP contribution is 2.31. The number of para-hydroxylation sites is 1. The fourth-order valence-electron chi connectivity index (χ4n) is 4.09. The van der Waals surface area contributed by atoms with Crippen LogP contribution >= 0.6 is 11.3 Å². The Labute approximate surface area is 183 Å². The van der Waals surface area contributed by atoms with Crippen LogP contribution in [0, 0.1) is 0 Å². The summed E-state index contributed by atoms with van der Waals surface area (Å²) in [6.07, 6.45) is 2.52. The first-order valence-electron chi connectivity index (χ1n) is 10.3. The van der Waals surface area contributed by atoms with Gasteiger partial charge in [-0.3, -0.25) is 14.3 Å².